The molecule has 0 heterocycles. The first-order valence-corrected chi connectivity index (χ1v) is 6.84. The number of carbonyl (C=O) groups is 1. The minimum absolute atomic E-state index is 0.107. The highest BCUT2D eigenvalue weighted by Gasteiger charge is 2.20. The molecule has 0 radical (unpaired) electrons. The molecule has 0 aliphatic heterocycles. The van der Waals surface area contributed by atoms with E-state index in [0.29, 0.717) is 16.5 Å². The van der Waals surface area contributed by atoms with Crippen molar-refractivity contribution in [3.8, 4) is 11.5 Å². The summed E-state index contributed by atoms with van der Waals surface area (Å²) in [6.07, 6.45) is -0.671. The molecule has 4 nitrogen and oxygen atoms in total. The molecular formula is C16H16ClNO3. The average Bonchev–Trinajstić information content (AvgIpc) is 2.45. The van der Waals surface area contributed by atoms with Crippen molar-refractivity contribution >= 4 is 23.2 Å². The monoisotopic (exact) mass is 305 g/mol. The molecule has 1 amide bonds. The van der Waals surface area contributed by atoms with E-state index >= 15 is 0 Å². The number of nitrogens with zero attached hydrogens (tertiary/aromatic N) is 1. The Labute approximate surface area is 128 Å². The Hall–Kier alpha value is -2.20. The van der Waals surface area contributed by atoms with Crippen LogP contribution in [0.1, 0.15) is 6.92 Å². The SMILES string of the molecule is CC(Oc1cccc(Cl)c1)C(=O)N(C)c1cccc(O)c1. The molecule has 1 atom stereocenters. The van der Waals surface area contributed by atoms with E-state index in [4.69, 9.17) is 16.3 Å². The maximum Gasteiger partial charge on any atom is 0.267 e. The van der Waals surface area contributed by atoms with Crippen molar-refractivity contribution < 1.29 is 14.6 Å². The fraction of sp³-hybridized carbons (Fsp3) is 0.188. The fourth-order valence-corrected chi connectivity index (χ4v) is 2.08. The summed E-state index contributed by atoms with van der Waals surface area (Å²) in [4.78, 5) is 13.8. The van der Waals surface area contributed by atoms with Crippen LogP contribution in [0.5, 0.6) is 11.5 Å². The molecule has 0 bridgehead atoms. The fourth-order valence-electron chi connectivity index (χ4n) is 1.90. The van der Waals surface area contributed by atoms with Crippen LogP contribution in [0, 0.1) is 0 Å². The van der Waals surface area contributed by atoms with Gasteiger partial charge in [0.15, 0.2) is 6.10 Å². The predicted molar refractivity (Wildman–Crippen MR) is 83.1 cm³/mol. The van der Waals surface area contributed by atoms with Crippen molar-refractivity contribution in [1.29, 1.82) is 0 Å². The van der Waals surface area contributed by atoms with Crippen LogP contribution < -0.4 is 9.64 Å². The van der Waals surface area contributed by atoms with Gasteiger partial charge in [0.05, 0.1) is 0 Å². The van der Waals surface area contributed by atoms with Gasteiger partial charge in [-0.05, 0) is 37.3 Å². The first kappa shape index (κ1) is 15.2. The number of phenols is 1. The number of hydrogen-bond acceptors (Lipinski definition) is 3. The molecule has 1 unspecified atom stereocenters. The lowest BCUT2D eigenvalue weighted by Crippen LogP contribution is -2.38. The zero-order valence-corrected chi connectivity index (χ0v) is 12.5. The highest BCUT2D eigenvalue weighted by molar-refractivity contribution is 6.30. The van der Waals surface area contributed by atoms with E-state index in [9.17, 15) is 9.90 Å². The molecule has 110 valence electrons. The number of aromatic hydroxyl groups is 1. The number of amides is 1. The van der Waals surface area contributed by atoms with Crippen molar-refractivity contribution in [1.82, 2.24) is 0 Å². The molecule has 0 saturated heterocycles. The second-order valence-electron chi connectivity index (χ2n) is 4.63. The van der Waals surface area contributed by atoms with Gasteiger partial charge in [-0.3, -0.25) is 4.79 Å². The normalized spacial score (nSPS) is 11.8. The maximum atomic E-state index is 12.3. The molecule has 21 heavy (non-hydrogen) atoms. The van der Waals surface area contributed by atoms with Gasteiger partial charge in [-0.1, -0.05) is 23.7 Å². The first-order valence-electron chi connectivity index (χ1n) is 6.46. The quantitative estimate of drug-likeness (QED) is 0.941. The van der Waals surface area contributed by atoms with Gasteiger partial charge in [0.25, 0.3) is 5.91 Å². The lowest BCUT2D eigenvalue weighted by molar-refractivity contribution is -0.124. The smallest absolute Gasteiger partial charge is 0.267 e. The molecule has 0 spiro atoms. The van der Waals surface area contributed by atoms with Crippen molar-refractivity contribution in [2.45, 2.75) is 13.0 Å². The van der Waals surface area contributed by atoms with Crippen LogP contribution in [0.3, 0.4) is 0 Å². The van der Waals surface area contributed by atoms with Crippen LogP contribution in [0.4, 0.5) is 5.69 Å². The largest absolute Gasteiger partial charge is 0.508 e. The van der Waals surface area contributed by atoms with E-state index in [1.807, 2.05) is 0 Å². The van der Waals surface area contributed by atoms with Gasteiger partial charge in [0, 0.05) is 23.8 Å². The van der Waals surface area contributed by atoms with E-state index in [-0.39, 0.29) is 11.7 Å². The number of rotatable bonds is 4. The van der Waals surface area contributed by atoms with E-state index in [0.717, 1.165) is 0 Å². The number of benzene rings is 2. The van der Waals surface area contributed by atoms with Gasteiger partial charge in [-0.25, -0.2) is 0 Å². The zero-order chi connectivity index (χ0) is 15.4. The first-order chi connectivity index (χ1) is 9.97. The van der Waals surface area contributed by atoms with Gasteiger partial charge in [-0.2, -0.15) is 0 Å². The summed E-state index contributed by atoms with van der Waals surface area (Å²) in [5, 5.41) is 10.0. The average molecular weight is 306 g/mol. The molecule has 0 fully saturated rings. The van der Waals surface area contributed by atoms with Crippen LogP contribution in [0.25, 0.3) is 0 Å². The number of carbonyl (C=O) groups excluding carboxylic acids is 1. The third kappa shape index (κ3) is 3.89. The van der Waals surface area contributed by atoms with Crippen LogP contribution in [0.15, 0.2) is 48.5 Å². The van der Waals surface area contributed by atoms with Crippen molar-refractivity contribution in [2.24, 2.45) is 0 Å². The summed E-state index contributed by atoms with van der Waals surface area (Å²) >= 11 is 5.88. The van der Waals surface area contributed by atoms with Crippen molar-refractivity contribution in [2.75, 3.05) is 11.9 Å². The standard InChI is InChI=1S/C16H16ClNO3/c1-11(21-15-8-3-5-12(17)9-15)16(20)18(2)13-6-4-7-14(19)10-13/h3-11,19H,1-2H3. The maximum absolute atomic E-state index is 12.3. The van der Waals surface area contributed by atoms with Gasteiger partial charge in [-0.15, -0.1) is 0 Å². The van der Waals surface area contributed by atoms with Crippen LogP contribution >= 0.6 is 11.6 Å². The molecular weight excluding hydrogens is 290 g/mol. The number of hydrogen-bond donors (Lipinski definition) is 1. The Balaban J connectivity index is 2.08. The third-order valence-corrected chi connectivity index (χ3v) is 3.24. The minimum Gasteiger partial charge on any atom is -0.508 e. The highest BCUT2D eigenvalue weighted by Crippen LogP contribution is 2.22. The summed E-state index contributed by atoms with van der Waals surface area (Å²) in [5.74, 6) is 0.420. The predicted octanol–water partition coefficient (Wildman–Crippen LogP) is 3.48. The highest BCUT2D eigenvalue weighted by atomic mass is 35.5. The molecule has 5 heteroatoms. The summed E-state index contributed by atoms with van der Waals surface area (Å²) in [5.41, 5.74) is 0.599. The Kier molecular flexibility index (Phi) is 4.70. The summed E-state index contributed by atoms with van der Waals surface area (Å²) < 4.78 is 5.59. The van der Waals surface area contributed by atoms with Gasteiger partial charge < -0.3 is 14.7 Å². The number of likely N-dealkylation sites (N-methyl/N-ethyl adjacent to an activating group) is 1. The Morgan fingerprint density at radius 1 is 1.24 bits per heavy atom. The lowest BCUT2D eigenvalue weighted by atomic mass is 10.2. The van der Waals surface area contributed by atoms with E-state index in [2.05, 4.69) is 0 Å². The summed E-state index contributed by atoms with van der Waals surface area (Å²) in [6.45, 7) is 1.67. The number of anilines is 1. The summed E-state index contributed by atoms with van der Waals surface area (Å²) in [6, 6.07) is 13.4. The van der Waals surface area contributed by atoms with E-state index in [1.165, 1.54) is 11.0 Å². The minimum atomic E-state index is -0.671. The molecule has 0 saturated carbocycles. The Morgan fingerprint density at radius 3 is 2.62 bits per heavy atom. The zero-order valence-electron chi connectivity index (χ0n) is 11.8. The summed E-state index contributed by atoms with van der Waals surface area (Å²) in [7, 11) is 1.63. The molecule has 0 aromatic heterocycles. The molecule has 0 aliphatic carbocycles. The third-order valence-electron chi connectivity index (χ3n) is 3.00. The van der Waals surface area contributed by atoms with Crippen LogP contribution in [-0.4, -0.2) is 24.2 Å². The Bertz CT molecular complexity index is 645. The number of halogens is 1. The van der Waals surface area contributed by atoms with E-state index in [1.54, 1.807) is 56.4 Å². The molecule has 0 aliphatic rings. The number of phenolic OH excluding ortho intramolecular Hbond substituents is 1. The Morgan fingerprint density at radius 2 is 1.95 bits per heavy atom. The molecule has 1 N–H and O–H groups in total. The van der Waals surface area contributed by atoms with Gasteiger partial charge >= 0.3 is 0 Å². The van der Waals surface area contributed by atoms with Gasteiger partial charge in [0.2, 0.25) is 0 Å². The van der Waals surface area contributed by atoms with Crippen molar-refractivity contribution in [3.63, 3.8) is 0 Å². The molecule has 2 aromatic carbocycles. The molecule has 2 aromatic rings. The van der Waals surface area contributed by atoms with E-state index < -0.39 is 6.10 Å². The lowest BCUT2D eigenvalue weighted by Gasteiger charge is -2.22. The number of ether oxygens (including phenoxy) is 1. The van der Waals surface area contributed by atoms with Gasteiger partial charge in [0.1, 0.15) is 11.5 Å². The van der Waals surface area contributed by atoms with Crippen LogP contribution in [0.2, 0.25) is 5.02 Å². The second-order valence-corrected chi connectivity index (χ2v) is 5.07. The van der Waals surface area contributed by atoms with Crippen LogP contribution in [-0.2, 0) is 4.79 Å². The molecule has 2 rings (SSSR count). The second kappa shape index (κ2) is 6.50. The van der Waals surface area contributed by atoms with Crippen molar-refractivity contribution in [3.05, 3.63) is 53.6 Å². The topological polar surface area (TPSA) is 49.8 Å².